The van der Waals surface area contributed by atoms with Gasteiger partial charge in [0.2, 0.25) is 0 Å². The molecular formula is C20H10N4S3. The lowest BCUT2D eigenvalue weighted by Crippen LogP contribution is -1.79. The zero-order valence-electron chi connectivity index (χ0n) is 13.8. The molecule has 0 aliphatic rings. The van der Waals surface area contributed by atoms with Crippen molar-refractivity contribution in [1.29, 1.82) is 0 Å². The zero-order valence-corrected chi connectivity index (χ0v) is 16.2. The minimum Gasteiger partial charge on any atom is -0.246 e. The van der Waals surface area contributed by atoms with Crippen LogP contribution in [0.5, 0.6) is 0 Å². The summed E-state index contributed by atoms with van der Waals surface area (Å²) in [7, 11) is 0. The van der Waals surface area contributed by atoms with Crippen LogP contribution in [0.1, 0.15) is 0 Å². The van der Waals surface area contributed by atoms with Gasteiger partial charge in [0.15, 0.2) is 5.65 Å². The first kappa shape index (κ1) is 15.3. The maximum atomic E-state index is 4.90. The maximum Gasteiger partial charge on any atom is 0.170 e. The van der Waals surface area contributed by atoms with Crippen molar-refractivity contribution in [1.82, 2.24) is 19.9 Å². The second-order valence-electron chi connectivity index (χ2n) is 6.10. The van der Waals surface area contributed by atoms with Gasteiger partial charge in [0, 0.05) is 28.2 Å². The average Bonchev–Trinajstić information content (AvgIpc) is 3.42. The molecule has 128 valence electrons. The smallest absolute Gasteiger partial charge is 0.170 e. The summed E-state index contributed by atoms with van der Waals surface area (Å²) in [6.45, 7) is 0. The molecule has 0 N–H and O–H groups in total. The van der Waals surface area contributed by atoms with E-state index in [0.717, 1.165) is 42.2 Å². The molecule has 0 aliphatic carbocycles. The first-order valence-electron chi connectivity index (χ1n) is 8.29. The van der Waals surface area contributed by atoms with Crippen molar-refractivity contribution in [2.24, 2.45) is 0 Å². The van der Waals surface area contributed by atoms with E-state index in [1.165, 1.54) is 9.58 Å². The number of thiazole rings is 1. The fourth-order valence-corrected chi connectivity index (χ4v) is 5.72. The molecule has 6 aromatic heterocycles. The van der Waals surface area contributed by atoms with Gasteiger partial charge in [-0.25, -0.2) is 19.9 Å². The van der Waals surface area contributed by atoms with Gasteiger partial charge in [-0.05, 0) is 36.4 Å². The van der Waals surface area contributed by atoms with Crippen LogP contribution in [0, 0.1) is 0 Å². The summed E-state index contributed by atoms with van der Waals surface area (Å²) in [5.74, 6) is 0. The summed E-state index contributed by atoms with van der Waals surface area (Å²) >= 11 is 5.04. The van der Waals surface area contributed by atoms with Gasteiger partial charge in [0.1, 0.15) is 4.83 Å². The van der Waals surface area contributed by atoms with Gasteiger partial charge in [-0.1, -0.05) is 6.07 Å². The number of hydrogen-bond donors (Lipinski definition) is 0. The molecule has 0 aromatic carbocycles. The summed E-state index contributed by atoms with van der Waals surface area (Å²) in [4.78, 5) is 21.4. The lowest BCUT2D eigenvalue weighted by molar-refractivity contribution is 1.33. The van der Waals surface area contributed by atoms with Crippen LogP contribution in [0.4, 0.5) is 0 Å². The van der Waals surface area contributed by atoms with Crippen LogP contribution >= 0.6 is 34.0 Å². The number of fused-ring (bicyclic) bond motifs is 3. The molecule has 0 fully saturated rings. The van der Waals surface area contributed by atoms with Crippen LogP contribution < -0.4 is 0 Å². The van der Waals surface area contributed by atoms with Crippen molar-refractivity contribution in [3.05, 3.63) is 60.4 Å². The van der Waals surface area contributed by atoms with Crippen molar-refractivity contribution in [3.63, 3.8) is 0 Å². The Balaban J connectivity index is 1.46. The Morgan fingerprint density at radius 1 is 0.815 bits per heavy atom. The van der Waals surface area contributed by atoms with E-state index in [9.17, 15) is 0 Å². The third-order valence-corrected chi connectivity index (χ3v) is 7.38. The molecule has 7 heteroatoms. The normalized spacial score (nSPS) is 11.7. The van der Waals surface area contributed by atoms with Crippen molar-refractivity contribution in [3.8, 4) is 21.0 Å². The molecule has 0 saturated heterocycles. The molecule has 6 rings (SSSR count). The van der Waals surface area contributed by atoms with Crippen molar-refractivity contribution in [2.45, 2.75) is 0 Å². The average molecular weight is 403 g/mol. The first-order valence-corrected chi connectivity index (χ1v) is 10.8. The molecule has 0 atom stereocenters. The van der Waals surface area contributed by atoms with Crippen molar-refractivity contribution >= 4 is 64.8 Å². The van der Waals surface area contributed by atoms with Crippen LogP contribution in [0.25, 0.3) is 51.8 Å². The van der Waals surface area contributed by atoms with Gasteiger partial charge in [-0.2, -0.15) is 0 Å². The molecule has 0 unspecified atom stereocenters. The highest BCUT2D eigenvalue weighted by atomic mass is 32.1. The number of hydrogen-bond acceptors (Lipinski definition) is 7. The second kappa shape index (κ2) is 5.88. The largest absolute Gasteiger partial charge is 0.246 e. The fraction of sp³-hybridized carbons (Fsp3) is 0. The van der Waals surface area contributed by atoms with E-state index >= 15 is 0 Å². The predicted octanol–water partition coefficient (Wildman–Crippen LogP) is 6.24. The van der Waals surface area contributed by atoms with E-state index in [-0.39, 0.29) is 0 Å². The molecule has 0 saturated carbocycles. The third-order valence-electron chi connectivity index (χ3n) is 4.39. The van der Waals surface area contributed by atoms with Gasteiger partial charge >= 0.3 is 0 Å². The van der Waals surface area contributed by atoms with Gasteiger partial charge in [0.25, 0.3) is 0 Å². The minimum absolute atomic E-state index is 0.809. The standard InChI is InChI=1S/C20H10N4S3/c1-2-11-6-17(27-20(11)21-5-1)13-3-4-15-14(24-13)8-16(26-15)12-7-18-19(22-9-12)23-10-25-18/h1-10H. The molecular weight excluding hydrogens is 392 g/mol. The van der Waals surface area contributed by atoms with E-state index < -0.39 is 0 Å². The van der Waals surface area contributed by atoms with Gasteiger partial charge in [-0.3, -0.25) is 0 Å². The number of rotatable bonds is 2. The Morgan fingerprint density at radius 3 is 2.78 bits per heavy atom. The molecule has 0 spiro atoms. The summed E-state index contributed by atoms with van der Waals surface area (Å²) in [6, 6.07) is 14.8. The Bertz CT molecular complexity index is 1410. The van der Waals surface area contributed by atoms with Crippen molar-refractivity contribution in [2.75, 3.05) is 0 Å². The highest BCUT2D eigenvalue weighted by Gasteiger charge is 2.11. The molecule has 0 aliphatic heterocycles. The SMILES string of the molecule is c1cnc2sc(-c3ccc4sc(-c5cnc6ncsc6c5)cc4n3)cc2c1. The Hall–Kier alpha value is -2.74. The minimum atomic E-state index is 0.809. The van der Waals surface area contributed by atoms with Crippen LogP contribution in [0.15, 0.2) is 60.4 Å². The summed E-state index contributed by atoms with van der Waals surface area (Å²) in [5, 5.41) is 1.16. The van der Waals surface area contributed by atoms with Gasteiger partial charge in [-0.15, -0.1) is 34.0 Å². The summed E-state index contributed by atoms with van der Waals surface area (Å²) in [5.41, 5.74) is 5.76. The summed E-state index contributed by atoms with van der Waals surface area (Å²) in [6.07, 6.45) is 3.73. The van der Waals surface area contributed by atoms with Crippen molar-refractivity contribution < 1.29 is 0 Å². The topological polar surface area (TPSA) is 51.6 Å². The zero-order chi connectivity index (χ0) is 17.8. The number of nitrogens with zero attached hydrogens (tertiary/aromatic N) is 4. The van der Waals surface area contributed by atoms with Gasteiger partial charge in [0.05, 0.1) is 31.0 Å². The number of pyridine rings is 3. The molecule has 0 bridgehead atoms. The fourth-order valence-electron chi connectivity index (χ4n) is 3.09. The molecule has 4 nitrogen and oxygen atoms in total. The maximum absolute atomic E-state index is 4.90. The number of aromatic nitrogens is 4. The molecule has 6 aromatic rings. The van der Waals surface area contributed by atoms with Crippen LogP contribution in [-0.2, 0) is 0 Å². The summed E-state index contributed by atoms with van der Waals surface area (Å²) < 4.78 is 2.29. The molecule has 27 heavy (non-hydrogen) atoms. The van der Waals surface area contributed by atoms with E-state index in [1.54, 1.807) is 34.0 Å². The highest BCUT2D eigenvalue weighted by Crippen LogP contribution is 2.37. The lowest BCUT2D eigenvalue weighted by atomic mass is 10.2. The van der Waals surface area contributed by atoms with Crippen LogP contribution in [-0.4, -0.2) is 19.9 Å². The molecule has 0 amide bonds. The lowest BCUT2D eigenvalue weighted by Gasteiger charge is -1.95. The quantitative estimate of drug-likeness (QED) is 0.344. The van der Waals surface area contributed by atoms with Gasteiger partial charge < -0.3 is 0 Å². The highest BCUT2D eigenvalue weighted by molar-refractivity contribution is 7.22. The predicted molar refractivity (Wildman–Crippen MR) is 115 cm³/mol. The second-order valence-corrected chi connectivity index (χ2v) is 9.10. The van der Waals surface area contributed by atoms with E-state index in [4.69, 9.17) is 4.98 Å². The van der Waals surface area contributed by atoms with Crippen LogP contribution in [0.2, 0.25) is 0 Å². The monoisotopic (exact) mass is 402 g/mol. The Labute approximate surface area is 165 Å². The van der Waals surface area contributed by atoms with E-state index in [0.29, 0.717) is 0 Å². The number of thiophene rings is 2. The van der Waals surface area contributed by atoms with E-state index in [2.05, 4.69) is 51.4 Å². The molecule has 0 radical (unpaired) electrons. The van der Waals surface area contributed by atoms with Crippen LogP contribution in [0.3, 0.4) is 0 Å². The first-order chi connectivity index (χ1) is 13.3. The molecule has 6 heterocycles. The third kappa shape index (κ3) is 2.55. The Kier molecular flexibility index (Phi) is 3.34. The van der Waals surface area contributed by atoms with E-state index in [1.807, 2.05) is 24.0 Å². The Morgan fingerprint density at radius 2 is 1.81 bits per heavy atom.